The number of benzene rings is 1. The monoisotopic (exact) mass is 731 g/mol. The second kappa shape index (κ2) is 35.7. The van der Waals surface area contributed by atoms with Crippen LogP contribution in [0.1, 0.15) is 181 Å². The summed E-state index contributed by atoms with van der Waals surface area (Å²) in [4.78, 5) is 29.2. The molecule has 1 rings (SSSR count). The van der Waals surface area contributed by atoms with Crippen LogP contribution in [0.3, 0.4) is 0 Å². The third kappa shape index (κ3) is 31.2. The fraction of sp³-hybridized carbons (Fsp3) is 0.818. The van der Waals surface area contributed by atoms with Gasteiger partial charge in [0.1, 0.15) is 0 Å². The third-order valence-electron chi connectivity index (χ3n) is 10.00. The highest BCUT2D eigenvalue weighted by atomic mass is 16.6. The quantitative estimate of drug-likeness (QED) is 0.0669. The molecule has 0 aliphatic heterocycles. The summed E-state index contributed by atoms with van der Waals surface area (Å²) in [5.41, 5.74) is 1.24. The Morgan fingerprint density at radius 2 is 0.673 bits per heavy atom. The lowest BCUT2D eigenvalue weighted by Gasteiger charge is -2.16. The van der Waals surface area contributed by atoms with E-state index in [-0.39, 0.29) is 0 Å². The number of carbonyl (C=O) groups is 2. The molecule has 0 bridgehead atoms. The van der Waals surface area contributed by atoms with E-state index < -0.39 is 12.2 Å². The number of amides is 2. The van der Waals surface area contributed by atoms with Crippen molar-refractivity contribution in [3.63, 3.8) is 0 Å². The van der Waals surface area contributed by atoms with Gasteiger partial charge in [-0.3, -0.25) is 10.6 Å². The fourth-order valence-corrected chi connectivity index (χ4v) is 6.56. The summed E-state index contributed by atoms with van der Waals surface area (Å²) in [7, 11) is 4.37. The molecule has 0 radical (unpaired) electrons. The zero-order valence-electron chi connectivity index (χ0n) is 34.5. The van der Waals surface area contributed by atoms with Crippen LogP contribution in [-0.2, 0) is 9.47 Å². The molecule has 0 aliphatic rings. The first kappa shape index (κ1) is 47.7. The van der Waals surface area contributed by atoms with Gasteiger partial charge in [-0.25, -0.2) is 9.59 Å². The standard InChI is InChI=1S/C44H82N4O4/c1-5-7-9-11-13-15-17-19-21-23-25-35-47(3)37-27-29-39-51-43(49)45-41-31-33-42(34-32-41)46-44(50)52-40-30-28-38-48(4)36-26-24-22-20-18-16-14-12-10-8-6-2/h31-34H,5-30,35-40H2,1-4H3,(H,45,49)(H,46,50). The van der Waals surface area contributed by atoms with Crippen molar-refractivity contribution in [2.24, 2.45) is 0 Å². The minimum absolute atomic E-state index is 0.402. The number of hydrogen-bond acceptors (Lipinski definition) is 6. The number of rotatable bonds is 36. The normalized spacial score (nSPS) is 11.3. The van der Waals surface area contributed by atoms with E-state index in [9.17, 15) is 9.59 Å². The number of hydrogen-bond donors (Lipinski definition) is 2. The predicted octanol–water partition coefficient (Wildman–Crippen LogP) is 12.8. The van der Waals surface area contributed by atoms with E-state index in [0.29, 0.717) is 24.6 Å². The van der Waals surface area contributed by atoms with Crippen LogP contribution in [0.2, 0.25) is 0 Å². The van der Waals surface area contributed by atoms with Crippen LogP contribution in [0.25, 0.3) is 0 Å². The summed E-state index contributed by atoms with van der Waals surface area (Å²) in [6, 6.07) is 6.97. The molecule has 52 heavy (non-hydrogen) atoms. The van der Waals surface area contributed by atoms with Gasteiger partial charge in [0.2, 0.25) is 0 Å². The van der Waals surface area contributed by atoms with E-state index in [0.717, 1.165) is 51.9 Å². The number of anilines is 2. The summed E-state index contributed by atoms with van der Waals surface area (Å²) < 4.78 is 10.7. The molecule has 0 aromatic heterocycles. The van der Waals surface area contributed by atoms with Crippen LogP contribution in [0.4, 0.5) is 21.0 Å². The minimum atomic E-state index is -0.459. The number of ether oxygens (including phenoxy) is 2. The Balaban J connectivity index is 1.97. The number of unbranched alkanes of at least 4 members (excludes halogenated alkanes) is 22. The first-order valence-electron chi connectivity index (χ1n) is 21.8. The van der Waals surface area contributed by atoms with Crippen molar-refractivity contribution in [3.8, 4) is 0 Å². The van der Waals surface area contributed by atoms with Gasteiger partial charge in [-0.05, 0) is 103 Å². The van der Waals surface area contributed by atoms with Crippen LogP contribution < -0.4 is 10.6 Å². The lowest BCUT2D eigenvalue weighted by Crippen LogP contribution is -2.21. The SMILES string of the molecule is CCCCCCCCCCCCCN(C)CCCCOC(=O)Nc1ccc(NC(=O)OCCCCN(C)CCCCCCCCCCCCC)cc1. The molecule has 0 spiro atoms. The highest BCUT2D eigenvalue weighted by molar-refractivity contribution is 5.87. The zero-order valence-corrected chi connectivity index (χ0v) is 34.5. The first-order chi connectivity index (χ1) is 25.4. The Hall–Kier alpha value is -2.32. The molecule has 1 aromatic rings. The summed E-state index contributed by atoms with van der Waals surface area (Å²) in [5, 5.41) is 5.51. The van der Waals surface area contributed by atoms with Crippen molar-refractivity contribution in [3.05, 3.63) is 24.3 Å². The molecule has 2 amide bonds. The van der Waals surface area contributed by atoms with E-state index in [4.69, 9.17) is 9.47 Å². The van der Waals surface area contributed by atoms with Gasteiger partial charge in [-0.15, -0.1) is 0 Å². The molecule has 0 atom stereocenters. The molecule has 0 aliphatic carbocycles. The predicted molar refractivity (Wildman–Crippen MR) is 223 cm³/mol. The Morgan fingerprint density at radius 3 is 0.962 bits per heavy atom. The highest BCUT2D eigenvalue weighted by Gasteiger charge is 2.07. The summed E-state index contributed by atoms with van der Waals surface area (Å²) >= 11 is 0. The smallest absolute Gasteiger partial charge is 0.411 e. The average Bonchev–Trinajstić information content (AvgIpc) is 3.13. The number of carbonyl (C=O) groups excluding carboxylic acids is 2. The van der Waals surface area contributed by atoms with Gasteiger partial charge in [0.05, 0.1) is 13.2 Å². The van der Waals surface area contributed by atoms with Crippen molar-refractivity contribution in [1.29, 1.82) is 0 Å². The summed E-state index contributed by atoms with van der Waals surface area (Å²) in [6.07, 6.45) is 33.0. The van der Waals surface area contributed by atoms with Crippen molar-refractivity contribution in [2.75, 3.05) is 64.1 Å². The van der Waals surface area contributed by atoms with Crippen molar-refractivity contribution < 1.29 is 19.1 Å². The second-order valence-corrected chi connectivity index (χ2v) is 15.2. The molecule has 0 saturated carbocycles. The molecular formula is C44H82N4O4. The molecule has 8 heteroatoms. The molecule has 2 N–H and O–H groups in total. The number of nitrogens with zero attached hydrogens (tertiary/aromatic N) is 2. The summed E-state index contributed by atoms with van der Waals surface area (Å²) in [5.74, 6) is 0. The van der Waals surface area contributed by atoms with Gasteiger partial charge in [-0.1, -0.05) is 142 Å². The Labute approximate surface area is 320 Å². The van der Waals surface area contributed by atoms with Crippen LogP contribution in [0.15, 0.2) is 24.3 Å². The molecule has 1 aromatic carbocycles. The van der Waals surface area contributed by atoms with Crippen LogP contribution in [0.5, 0.6) is 0 Å². The summed E-state index contributed by atoms with van der Waals surface area (Å²) in [6.45, 7) is 9.68. The van der Waals surface area contributed by atoms with Gasteiger partial charge in [0, 0.05) is 11.4 Å². The van der Waals surface area contributed by atoms with Crippen LogP contribution >= 0.6 is 0 Å². The average molecular weight is 731 g/mol. The Bertz CT molecular complexity index is 870. The van der Waals surface area contributed by atoms with Gasteiger partial charge in [0.15, 0.2) is 0 Å². The van der Waals surface area contributed by atoms with E-state index in [1.807, 2.05) is 0 Å². The maximum atomic E-state index is 12.2. The first-order valence-corrected chi connectivity index (χ1v) is 21.8. The van der Waals surface area contributed by atoms with Gasteiger partial charge < -0.3 is 19.3 Å². The molecule has 0 unspecified atom stereocenters. The van der Waals surface area contributed by atoms with Gasteiger partial charge in [-0.2, -0.15) is 0 Å². The van der Waals surface area contributed by atoms with Crippen LogP contribution in [0, 0.1) is 0 Å². The van der Waals surface area contributed by atoms with Crippen molar-refractivity contribution in [1.82, 2.24) is 9.80 Å². The minimum Gasteiger partial charge on any atom is -0.449 e. The molecular weight excluding hydrogens is 649 g/mol. The van der Waals surface area contributed by atoms with E-state index in [1.165, 1.54) is 141 Å². The van der Waals surface area contributed by atoms with E-state index in [1.54, 1.807) is 24.3 Å². The van der Waals surface area contributed by atoms with Gasteiger partial charge in [0.25, 0.3) is 0 Å². The van der Waals surface area contributed by atoms with Gasteiger partial charge >= 0.3 is 12.2 Å². The highest BCUT2D eigenvalue weighted by Crippen LogP contribution is 2.15. The lowest BCUT2D eigenvalue weighted by molar-refractivity contribution is 0.156. The Kier molecular flexibility index (Phi) is 32.7. The Morgan fingerprint density at radius 1 is 0.423 bits per heavy atom. The molecule has 0 heterocycles. The maximum Gasteiger partial charge on any atom is 0.411 e. The molecule has 8 nitrogen and oxygen atoms in total. The van der Waals surface area contributed by atoms with E-state index in [2.05, 4.69) is 48.4 Å². The fourth-order valence-electron chi connectivity index (χ4n) is 6.56. The maximum absolute atomic E-state index is 12.2. The molecule has 0 fully saturated rings. The lowest BCUT2D eigenvalue weighted by atomic mass is 10.1. The van der Waals surface area contributed by atoms with Crippen LogP contribution in [-0.4, -0.2) is 75.5 Å². The van der Waals surface area contributed by atoms with Crippen molar-refractivity contribution in [2.45, 2.75) is 181 Å². The third-order valence-corrected chi connectivity index (χ3v) is 10.00. The second-order valence-electron chi connectivity index (χ2n) is 15.2. The van der Waals surface area contributed by atoms with E-state index >= 15 is 0 Å². The molecule has 302 valence electrons. The van der Waals surface area contributed by atoms with Crippen molar-refractivity contribution >= 4 is 23.6 Å². The number of nitrogens with one attached hydrogen (secondary N) is 2. The largest absolute Gasteiger partial charge is 0.449 e. The zero-order chi connectivity index (χ0) is 37.7. The topological polar surface area (TPSA) is 83.1 Å². The molecule has 0 saturated heterocycles.